The first-order chi connectivity index (χ1) is 8.61. The molecule has 0 unspecified atom stereocenters. The van der Waals surface area contributed by atoms with Crippen molar-refractivity contribution in [3.8, 4) is 0 Å². The highest BCUT2D eigenvalue weighted by molar-refractivity contribution is 5.96. The van der Waals surface area contributed by atoms with E-state index in [9.17, 15) is 14.0 Å². The van der Waals surface area contributed by atoms with Crippen LogP contribution < -0.4 is 0 Å². The highest BCUT2D eigenvalue weighted by Gasteiger charge is 2.14. The number of esters is 1. The Morgan fingerprint density at radius 2 is 1.89 bits per heavy atom. The first-order valence-electron chi connectivity index (χ1n) is 5.06. The summed E-state index contributed by atoms with van der Waals surface area (Å²) in [5.41, 5.74) is 0.309. The summed E-state index contributed by atoms with van der Waals surface area (Å²) in [5, 5.41) is 3.78. The zero-order valence-corrected chi connectivity index (χ0v) is 9.46. The number of carbonyl (C=O) groups is 2. The molecule has 0 amide bonds. The number of aromatic nitrogens is 2. The maximum absolute atomic E-state index is 12.7. The molecule has 5 nitrogen and oxygen atoms in total. The quantitative estimate of drug-likeness (QED) is 0.755. The molecule has 0 N–H and O–H groups in total. The van der Waals surface area contributed by atoms with E-state index in [1.165, 1.54) is 43.6 Å². The van der Waals surface area contributed by atoms with E-state index in [0.717, 1.165) is 4.68 Å². The van der Waals surface area contributed by atoms with Crippen molar-refractivity contribution >= 4 is 11.9 Å². The molecule has 0 saturated carbocycles. The van der Waals surface area contributed by atoms with Gasteiger partial charge in [-0.05, 0) is 30.3 Å². The van der Waals surface area contributed by atoms with Gasteiger partial charge in [0.05, 0.1) is 7.11 Å². The average molecular weight is 248 g/mol. The van der Waals surface area contributed by atoms with Crippen LogP contribution in [0.4, 0.5) is 4.39 Å². The molecular formula is C12H9FN2O3. The van der Waals surface area contributed by atoms with Gasteiger partial charge >= 0.3 is 5.97 Å². The predicted molar refractivity (Wildman–Crippen MR) is 59.7 cm³/mol. The minimum absolute atomic E-state index is 0.0351. The molecule has 0 radical (unpaired) electrons. The van der Waals surface area contributed by atoms with Crippen LogP contribution in [0.3, 0.4) is 0 Å². The smallest absolute Gasteiger partial charge is 0.358 e. The summed E-state index contributed by atoms with van der Waals surface area (Å²) < 4.78 is 18.2. The lowest BCUT2D eigenvalue weighted by Crippen LogP contribution is -2.14. The predicted octanol–water partition coefficient (Wildman–Crippen LogP) is 1.50. The molecule has 0 saturated heterocycles. The lowest BCUT2D eigenvalue weighted by atomic mass is 10.2. The molecule has 1 aromatic heterocycles. The number of benzene rings is 1. The maximum atomic E-state index is 12.7. The van der Waals surface area contributed by atoms with Crippen LogP contribution in [-0.2, 0) is 4.74 Å². The first kappa shape index (κ1) is 12.0. The Labute approximate surface area is 102 Å². The minimum Gasteiger partial charge on any atom is -0.464 e. The summed E-state index contributed by atoms with van der Waals surface area (Å²) in [5.74, 6) is -1.51. The molecule has 0 fully saturated rings. The molecule has 0 aliphatic carbocycles. The topological polar surface area (TPSA) is 61.2 Å². The van der Waals surface area contributed by atoms with Gasteiger partial charge in [0.15, 0.2) is 5.69 Å². The van der Waals surface area contributed by atoms with Crippen LogP contribution in [0, 0.1) is 5.82 Å². The van der Waals surface area contributed by atoms with Gasteiger partial charge in [0, 0.05) is 11.8 Å². The second kappa shape index (κ2) is 4.79. The zero-order valence-electron chi connectivity index (χ0n) is 9.46. The molecule has 2 aromatic rings. The molecule has 1 aromatic carbocycles. The molecule has 2 rings (SSSR count). The van der Waals surface area contributed by atoms with Crippen molar-refractivity contribution in [3.05, 3.63) is 53.6 Å². The third-order valence-corrected chi connectivity index (χ3v) is 2.28. The van der Waals surface area contributed by atoms with Crippen LogP contribution in [0.1, 0.15) is 20.8 Å². The molecule has 6 heteroatoms. The van der Waals surface area contributed by atoms with Crippen LogP contribution >= 0.6 is 0 Å². The Balaban J connectivity index is 2.26. The van der Waals surface area contributed by atoms with Crippen molar-refractivity contribution in [3.63, 3.8) is 0 Å². The van der Waals surface area contributed by atoms with Gasteiger partial charge in [0.2, 0.25) is 0 Å². The summed E-state index contributed by atoms with van der Waals surface area (Å²) in [6.07, 6.45) is 1.35. The number of carbonyl (C=O) groups excluding carboxylic acids is 2. The Morgan fingerprint density at radius 1 is 1.22 bits per heavy atom. The minimum atomic E-state index is -0.624. The van der Waals surface area contributed by atoms with E-state index in [0.29, 0.717) is 0 Å². The van der Waals surface area contributed by atoms with Crippen LogP contribution in [0.25, 0.3) is 0 Å². The summed E-state index contributed by atoms with van der Waals surface area (Å²) in [6.45, 7) is 0. The van der Waals surface area contributed by atoms with Gasteiger partial charge in [0.25, 0.3) is 5.91 Å². The number of ether oxygens (including phenoxy) is 1. The lowest BCUT2D eigenvalue weighted by Gasteiger charge is -2.00. The number of hydrogen-bond donors (Lipinski definition) is 0. The van der Waals surface area contributed by atoms with Gasteiger partial charge in [-0.2, -0.15) is 5.10 Å². The van der Waals surface area contributed by atoms with E-state index in [4.69, 9.17) is 0 Å². The zero-order chi connectivity index (χ0) is 13.1. The van der Waals surface area contributed by atoms with Crippen molar-refractivity contribution < 1.29 is 18.7 Å². The average Bonchev–Trinajstić information content (AvgIpc) is 2.87. The summed E-state index contributed by atoms with van der Waals surface area (Å²) in [7, 11) is 1.23. The number of hydrogen-bond acceptors (Lipinski definition) is 4. The second-order valence-electron chi connectivity index (χ2n) is 3.45. The van der Waals surface area contributed by atoms with Crippen molar-refractivity contribution in [1.82, 2.24) is 9.78 Å². The van der Waals surface area contributed by atoms with E-state index in [2.05, 4.69) is 9.84 Å². The van der Waals surface area contributed by atoms with E-state index < -0.39 is 17.7 Å². The number of rotatable bonds is 2. The Morgan fingerprint density at radius 3 is 2.50 bits per heavy atom. The van der Waals surface area contributed by atoms with E-state index in [-0.39, 0.29) is 11.3 Å². The number of methoxy groups -OCH3 is 1. The van der Waals surface area contributed by atoms with Crippen molar-refractivity contribution in [2.45, 2.75) is 0 Å². The fourth-order valence-corrected chi connectivity index (χ4v) is 1.38. The van der Waals surface area contributed by atoms with Crippen molar-refractivity contribution in [1.29, 1.82) is 0 Å². The molecular weight excluding hydrogens is 239 g/mol. The third-order valence-electron chi connectivity index (χ3n) is 2.28. The molecule has 0 atom stereocenters. The first-order valence-corrected chi connectivity index (χ1v) is 5.06. The van der Waals surface area contributed by atoms with Gasteiger partial charge in [0.1, 0.15) is 5.82 Å². The fourth-order valence-electron chi connectivity index (χ4n) is 1.38. The van der Waals surface area contributed by atoms with E-state index >= 15 is 0 Å². The van der Waals surface area contributed by atoms with Crippen molar-refractivity contribution in [2.75, 3.05) is 7.11 Å². The molecule has 0 bridgehead atoms. The highest BCUT2D eigenvalue weighted by atomic mass is 19.1. The van der Waals surface area contributed by atoms with Crippen LogP contribution in [-0.4, -0.2) is 28.8 Å². The van der Waals surface area contributed by atoms with E-state index in [1.807, 2.05) is 0 Å². The SMILES string of the molecule is COC(=O)c1ccn(C(=O)c2ccc(F)cc2)n1. The van der Waals surface area contributed by atoms with E-state index in [1.54, 1.807) is 0 Å². The number of halogens is 1. The Bertz CT molecular complexity index is 590. The summed E-state index contributed by atoms with van der Waals surface area (Å²) in [4.78, 5) is 23.1. The summed E-state index contributed by atoms with van der Waals surface area (Å²) in [6, 6.07) is 6.41. The van der Waals surface area contributed by atoms with Crippen LogP contribution in [0.15, 0.2) is 36.5 Å². The molecule has 1 heterocycles. The molecule has 0 aliphatic heterocycles. The fraction of sp³-hybridized carbons (Fsp3) is 0.0833. The van der Waals surface area contributed by atoms with Gasteiger partial charge in [-0.25, -0.2) is 13.9 Å². The Hall–Kier alpha value is -2.50. The van der Waals surface area contributed by atoms with Gasteiger partial charge in [-0.15, -0.1) is 0 Å². The normalized spacial score (nSPS) is 10.1. The molecule has 0 spiro atoms. The van der Waals surface area contributed by atoms with Gasteiger partial charge in [-0.1, -0.05) is 0 Å². The van der Waals surface area contributed by atoms with Crippen molar-refractivity contribution in [2.24, 2.45) is 0 Å². The Kier molecular flexibility index (Phi) is 3.18. The second-order valence-corrected chi connectivity index (χ2v) is 3.45. The largest absolute Gasteiger partial charge is 0.464 e. The maximum Gasteiger partial charge on any atom is 0.358 e. The van der Waals surface area contributed by atoms with Gasteiger partial charge in [-0.3, -0.25) is 4.79 Å². The molecule has 0 aliphatic rings. The summed E-state index contributed by atoms with van der Waals surface area (Å²) >= 11 is 0. The standard InChI is InChI=1S/C12H9FN2O3/c1-18-12(17)10-6-7-15(14-10)11(16)8-2-4-9(13)5-3-8/h2-7H,1H3. The lowest BCUT2D eigenvalue weighted by molar-refractivity contribution is 0.0593. The molecule has 92 valence electrons. The molecule has 18 heavy (non-hydrogen) atoms. The number of nitrogens with zero attached hydrogens (tertiary/aromatic N) is 2. The van der Waals surface area contributed by atoms with Gasteiger partial charge < -0.3 is 4.74 Å². The monoisotopic (exact) mass is 248 g/mol. The van der Waals surface area contributed by atoms with Crippen LogP contribution in [0.2, 0.25) is 0 Å². The van der Waals surface area contributed by atoms with Crippen LogP contribution in [0.5, 0.6) is 0 Å². The highest BCUT2D eigenvalue weighted by Crippen LogP contribution is 2.06. The third kappa shape index (κ3) is 2.27.